The van der Waals surface area contributed by atoms with Gasteiger partial charge in [0, 0.05) is 13.1 Å². The van der Waals surface area contributed by atoms with E-state index in [-0.39, 0.29) is 43.6 Å². The van der Waals surface area contributed by atoms with Crippen LogP contribution in [0.3, 0.4) is 0 Å². The third-order valence-corrected chi connectivity index (χ3v) is 3.56. The average molecular weight is 342 g/mol. The van der Waals surface area contributed by atoms with Gasteiger partial charge in [-0.05, 0) is 18.1 Å². The fourth-order valence-corrected chi connectivity index (χ4v) is 2.30. The Balaban J connectivity index is 2.08. The summed E-state index contributed by atoms with van der Waals surface area (Å²) >= 11 is 0. The Hall–Kier alpha value is -2.38. The summed E-state index contributed by atoms with van der Waals surface area (Å²) < 4.78 is 37.7. The van der Waals surface area contributed by atoms with Crippen LogP contribution in [0.25, 0.3) is 0 Å². The van der Waals surface area contributed by atoms with E-state index < -0.39 is 23.6 Å². The SMILES string of the molecule is COc1ccc(N2CCN(C(=O)OCC(C)C)CC2=O)c(F)c1F. The molecular weight excluding hydrogens is 322 g/mol. The highest BCUT2D eigenvalue weighted by atomic mass is 19.2. The van der Waals surface area contributed by atoms with Crippen molar-refractivity contribution in [3.63, 3.8) is 0 Å². The van der Waals surface area contributed by atoms with E-state index in [0.717, 1.165) is 4.90 Å². The third kappa shape index (κ3) is 3.74. The minimum Gasteiger partial charge on any atom is -0.494 e. The van der Waals surface area contributed by atoms with E-state index in [4.69, 9.17) is 9.47 Å². The molecule has 0 atom stereocenters. The van der Waals surface area contributed by atoms with Crippen LogP contribution in [0.5, 0.6) is 5.75 Å². The maximum absolute atomic E-state index is 14.1. The van der Waals surface area contributed by atoms with Gasteiger partial charge in [0.25, 0.3) is 0 Å². The van der Waals surface area contributed by atoms with Crippen LogP contribution in [-0.4, -0.2) is 50.3 Å². The lowest BCUT2D eigenvalue weighted by Gasteiger charge is -2.34. The molecule has 1 heterocycles. The maximum Gasteiger partial charge on any atom is 0.410 e. The normalized spacial score (nSPS) is 15.0. The van der Waals surface area contributed by atoms with Crippen LogP contribution in [0.1, 0.15) is 13.8 Å². The van der Waals surface area contributed by atoms with E-state index in [1.165, 1.54) is 24.1 Å². The summed E-state index contributed by atoms with van der Waals surface area (Å²) in [5.74, 6) is -2.87. The predicted molar refractivity (Wildman–Crippen MR) is 83.0 cm³/mol. The molecule has 0 radical (unpaired) electrons. The van der Waals surface area contributed by atoms with Crippen LogP contribution in [0.2, 0.25) is 0 Å². The number of carbonyl (C=O) groups is 2. The van der Waals surface area contributed by atoms with Crippen LogP contribution in [0.15, 0.2) is 12.1 Å². The van der Waals surface area contributed by atoms with Crippen molar-refractivity contribution in [2.75, 3.05) is 38.3 Å². The topological polar surface area (TPSA) is 59.1 Å². The largest absolute Gasteiger partial charge is 0.494 e. The van der Waals surface area contributed by atoms with Crippen LogP contribution in [-0.2, 0) is 9.53 Å². The van der Waals surface area contributed by atoms with Crippen molar-refractivity contribution in [2.45, 2.75) is 13.8 Å². The number of anilines is 1. The van der Waals surface area contributed by atoms with E-state index >= 15 is 0 Å². The second-order valence-electron chi connectivity index (χ2n) is 5.85. The first-order valence-corrected chi connectivity index (χ1v) is 7.59. The zero-order valence-electron chi connectivity index (χ0n) is 13.8. The lowest BCUT2D eigenvalue weighted by molar-refractivity contribution is -0.121. The van der Waals surface area contributed by atoms with E-state index in [9.17, 15) is 18.4 Å². The van der Waals surface area contributed by atoms with Gasteiger partial charge in [-0.2, -0.15) is 4.39 Å². The van der Waals surface area contributed by atoms with Gasteiger partial charge in [-0.3, -0.25) is 9.69 Å². The van der Waals surface area contributed by atoms with Gasteiger partial charge in [0.05, 0.1) is 19.4 Å². The van der Waals surface area contributed by atoms with Gasteiger partial charge in [-0.1, -0.05) is 13.8 Å². The van der Waals surface area contributed by atoms with Gasteiger partial charge in [0.1, 0.15) is 6.54 Å². The number of benzene rings is 1. The number of hydrogen-bond donors (Lipinski definition) is 0. The van der Waals surface area contributed by atoms with E-state index in [2.05, 4.69) is 0 Å². The number of nitrogens with zero attached hydrogens (tertiary/aromatic N) is 2. The molecule has 1 aliphatic heterocycles. The summed E-state index contributed by atoms with van der Waals surface area (Å²) in [4.78, 5) is 26.5. The molecule has 1 saturated heterocycles. The highest BCUT2D eigenvalue weighted by Gasteiger charge is 2.31. The Morgan fingerprint density at radius 3 is 2.54 bits per heavy atom. The molecule has 0 unspecified atom stereocenters. The van der Waals surface area contributed by atoms with E-state index in [0.29, 0.717) is 0 Å². The van der Waals surface area contributed by atoms with Gasteiger partial charge in [0.2, 0.25) is 11.7 Å². The highest BCUT2D eigenvalue weighted by molar-refractivity contribution is 5.97. The molecule has 2 rings (SSSR count). The van der Waals surface area contributed by atoms with Gasteiger partial charge in [-0.25, -0.2) is 9.18 Å². The Kier molecular flexibility index (Phi) is 5.58. The molecule has 132 valence electrons. The number of ether oxygens (including phenoxy) is 2. The van der Waals surface area contributed by atoms with Crippen LogP contribution in [0, 0.1) is 17.6 Å². The predicted octanol–water partition coefficient (Wildman–Crippen LogP) is 2.41. The molecule has 1 aromatic rings. The lowest BCUT2D eigenvalue weighted by atomic mass is 10.2. The Labute approximate surface area is 138 Å². The number of carbonyl (C=O) groups excluding carboxylic acids is 2. The third-order valence-electron chi connectivity index (χ3n) is 3.56. The molecule has 0 N–H and O–H groups in total. The van der Waals surface area contributed by atoms with Gasteiger partial charge >= 0.3 is 6.09 Å². The molecule has 0 bridgehead atoms. The molecule has 1 aliphatic rings. The monoisotopic (exact) mass is 342 g/mol. The molecule has 0 saturated carbocycles. The van der Waals surface area contributed by atoms with Crippen molar-refractivity contribution in [2.24, 2.45) is 5.92 Å². The molecule has 1 fully saturated rings. The number of methoxy groups -OCH3 is 1. The standard InChI is InChI=1S/C16H20F2N2O4/c1-10(2)9-24-16(22)19-6-7-20(13(21)8-19)11-4-5-12(23-3)15(18)14(11)17/h4-5,10H,6-9H2,1-3H3. The van der Waals surface area contributed by atoms with Crippen molar-refractivity contribution in [3.8, 4) is 5.75 Å². The number of hydrogen-bond acceptors (Lipinski definition) is 4. The number of halogens is 2. The second-order valence-corrected chi connectivity index (χ2v) is 5.85. The molecule has 0 aromatic heterocycles. The van der Waals surface area contributed by atoms with Crippen molar-refractivity contribution < 1.29 is 27.8 Å². The fourth-order valence-electron chi connectivity index (χ4n) is 2.30. The molecule has 0 aliphatic carbocycles. The number of amides is 2. The van der Waals surface area contributed by atoms with Crippen LogP contribution in [0.4, 0.5) is 19.3 Å². The quantitative estimate of drug-likeness (QED) is 0.843. The van der Waals surface area contributed by atoms with Crippen molar-refractivity contribution in [1.29, 1.82) is 0 Å². The summed E-state index contributed by atoms with van der Waals surface area (Å²) in [7, 11) is 1.23. The number of rotatable bonds is 4. The van der Waals surface area contributed by atoms with Crippen molar-refractivity contribution >= 4 is 17.7 Å². The van der Waals surface area contributed by atoms with Crippen molar-refractivity contribution in [1.82, 2.24) is 4.90 Å². The van der Waals surface area contributed by atoms with E-state index in [1.54, 1.807) is 0 Å². The molecular formula is C16H20F2N2O4. The molecule has 6 nitrogen and oxygen atoms in total. The second kappa shape index (κ2) is 7.46. The minimum absolute atomic E-state index is 0.0539. The lowest BCUT2D eigenvalue weighted by Crippen LogP contribution is -2.53. The average Bonchev–Trinajstić information content (AvgIpc) is 2.55. The molecule has 0 spiro atoms. The van der Waals surface area contributed by atoms with Crippen molar-refractivity contribution in [3.05, 3.63) is 23.8 Å². The summed E-state index contributed by atoms with van der Waals surface area (Å²) in [5, 5.41) is 0. The summed E-state index contributed by atoms with van der Waals surface area (Å²) in [6, 6.07) is 2.53. The Morgan fingerprint density at radius 1 is 1.25 bits per heavy atom. The van der Waals surface area contributed by atoms with Gasteiger partial charge in [0.15, 0.2) is 11.6 Å². The van der Waals surface area contributed by atoms with E-state index in [1.807, 2.05) is 13.8 Å². The molecule has 24 heavy (non-hydrogen) atoms. The first-order valence-electron chi connectivity index (χ1n) is 7.59. The summed E-state index contributed by atoms with van der Waals surface area (Å²) in [5.41, 5.74) is -0.173. The fraction of sp³-hybridized carbons (Fsp3) is 0.500. The zero-order valence-corrected chi connectivity index (χ0v) is 13.8. The smallest absolute Gasteiger partial charge is 0.410 e. The highest BCUT2D eigenvalue weighted by Crippen LogP contribution is 2.29. The van der Waals surface area contributed by atoms with Crippen LogP contribution < -0.4 is 9.64 Å². The maximum atomic E-state index is 14.1. The Morgan fingerprint density at radius 2 is 1.96 bits per heavy atom. The Bertz CT molecular complexity index is 637. The molecule has 2 amide bonds. The minimum atomic E-state index is -1.15. The first-order chi connectivity index (χ1) is 11.3. The summed E-state index contributed by atoms with van der Waals surface area (Å²) in [6.07, 6.45) is -0.585. The van der Waals surface area contributed by atoms with Gasteiger partial charge in [-0.15, -0.1) is 0 Å². The molecule has 1 aromatic carbocycles. The molecule has 8 heteroatoms. The summed E-state index contributed by atoms with van der Waals surface area (Å²) in [6.45, 7) is 4.04. The first kappa shape index (κ1) is 18.0. The number of piperazine rings is 1. The zero-order chi connectivity index (χ0) is 17.9. The van der Waals surface area contributed by atoms with Crippen LogP contribution >= 0.6 is 0 Å². The van der Waals surface area contributed by atoms with Gasteiger partial charge < -0.3 is 14.4 Å².